The molecule has 98 valence electrons. The number of hydrogen-bond donors (Lipinski definition) is 1. The van der Waals surface area contributed by atoms with Crippen LogP contribution in [-0.2, 0) is 20.5 Å². The molecule has 0 amide bonds. The molecule has 19 heavy (non-hydrogen) atoms. The number of aromatic nitrogens is 4. The lowest BCUT2D eigenvalue weighted by molar-refractivity contribution is 0.783. The van der Waals surface area contributed by atoms with Crippen LogP contribution < -0.4 is 5.32 Å². The molecule has 0 aliphatic carbocycles. The molecule has 2 heterocycles. The van der Waals surface area contributed by atoms with Crippen molar-refractivity contribution in [2.75, 3.05) is 11.9 Å². The van der Waals surface area contributed by atoms with E-state index in [1.165, 1.54) is 0 Å². The van der Waals surface area contributed by atoms with Gasteiger partial charge in [0.15, 0.2) is 0 Å². The predicted octanol–water partition coefficient (Wildman–Crippen LogP) is 1.96. The molecule has 0 bridgehead atoms. The summed E-state index contributed by atoms with van der Waals surface area (Å²) in [6.45, 7) is 0.821. The van der Waals surface area contributed by atoms with Crippen LogP contribution in [0.25, 0.3) is 11.0 Å². The van der Waals surface area contributed by atoms with Gasteiger partial charge in [0.25, 0.3) is 0 Å². The van der Waals surface area contributed by atoms with Crippen molar-refractivity contribution in [1.82, 2.24) is 19.1 Å². The highest BCUT2D eigenvalue weighted by molar-refractivity contribution is 5.78. The van der Waals surface area contributed by atoms with Crippen molar-refractivity contribution < 1.29 is 0 Å². The monoisotopic (exact) mass is 255 g/mol. The van der Waals surface area contributed by atoms with E-state index in [9.17, 15) is 0 Å². The van der Waals surface area contributed by atoms with E-state index in [1.807, 2.05) is 49.3 Å². The summed E-state index contributed by atoms with van der Waals surface area (Å²) in [6, 6.07) is 8.14. The number of nitrogens with one attached hydrogen (secondary N) is 1. The van der Waals surface area contributed by atoms with E-state index >= 15 is 0 Å². The van der Waals surface area contributed by atoms with Gasteiger partial charge in [-0.2, -0.15) is 0 Å². The number of hydrogen-bond acceptors (Lipinski definition) is 3. The van der Waals surface area contributed by atoms with Crippen LogP contribution in [0.15, 0.2) is 36.7 Å². The Morgan fingerprint density at radius 2 is 2.05 bits per heavy atom. The third-order valence-electron chi connectivity index (χ3n) is 3.34. The average Bonchev–Trinajstić information content (AvgIpc) is 2.96. The van der Waals surface area contributed by atoms with E-state index in [4.69, 9.17) is 0 Å². The molecule has 0 radical (unpaired) electrons. The molecule has 0 aliphatic rings. The Hall–Kier alpha value is -2.30. The first-order chi connectivity index (χ1) is 9.25. The summed E-state index contributed by atoms with van der Waals surface area (Å²) >= 11 is 0. The molecule has 0 saturated heterocycles. The zero-order chi connectivity index (χ0) is 13.2. The molecule has 0 atom stereocenters. The van der Waals surface area contributed by atoms with Crippen molar-refractivity contribution in [3.8, 4) is 0 Å². The second-order valence-electron chi connectivity index (χ2n) is 4.61. The first-order valence-electron chi connectivity index (χ1n) is 6.37. The van der Waals surface area contributed by atoms with Gasteiger partial charge in [-0.05, 0) is 12.1 Å². The van der Waals surface area contributed by atoms with Crippen molar-refractivity contribution in [3.05, 3.63) is 42.5 Å². The molecule has 0 unspecified atom stereocenters. The van der Waals surface area contributed by atoms with Crippen molar-refractivity contribution in [2.24, 2.45) is 14.1 Å². The zero-order valence-electron chi connectivity index (χ0n) is 11.2. The molecule has 1 aromatic carbocycles. The van der Waals surface area contributed by atoms with Gasteiger partial charge in [-0.15, -0.1) is 0 Å². The Morgan fingerprint density at radius 3 is 2.79 bits per heavy atom. The highest BCUT2D eigenvalue weighted by Gasteiger charge is 2.06. The standard InChI is InChI=1S/C14H17N5/c1-18-10-9-15-13(18)7-8-16-14-17-11-5-3-4-6-12(11)19(14)2/h3-6,9-10H,7-8H2,1-2H3,(H,16,17). The number of imidazole rings is 2. The van der Waals surface area contributed by atoms with Gasteiger partial charge in [-0.25, -0.2) is 9.97 Å². The number of para-hydroxylation sites is 2. The minimum atomic E-state index is 0.821. The highest BCUT2D eigenvalue weighted by Crippen LogP contribution is 2.17. The minimum absolute atomic E-state index is 0.821. The minimum Gasteiger partial charge on any atom is -0.355 e. The molecule has 1 N–H and O–H groups in total. The Kier molecular flexibility index (Phi) is 2.95. The summed E-state index contributed by atoms with van der Waals surface area (Å²) in [6.07, 6.45) is 4.67. The first kappa shape index (κ1) is 11.8. The van der Waals surface area contributed by atoms with E-state index in [0.29, 0.717) is 0 Å². The quantitative estimate of drug-likeness (QED) is 0.775. The van der Waals surface area contributed by atoms with E-state index in [-0.39, 0.29) is 0 Å². The van der Waals surface area contributed by atoms with Crippen LogP contribution in [0.2, 0.25) is 0 Å². The number of nitrogens with zero attached hydrogens (tertiary/aromatic N) is 4. The fourth-order valence-electron chi connectivity index (χ4n) is 2.23. The lowest BCUT2D eigenvalue weighted by Gasteiger charge is -2.06. The van der Waals surface area contributed by atoms with Crippen molar-refractivity contribution in [1.29, 1.82) is 0 Å². The van der Waals surface area contributed by atoms with Gasteiger partial charge in [0.2, 0.25) is 5.95 Å². The zero-order valence-corrected chi connectivity index (χ0v) is 11.2. The summed E-state index contributed by atoms with van der Waals surface area (Å²) in [5, 5.41) is 3.37. The van der Waals surface area contributed by atoms with Crippen LogP contribution in [-0.4, -0.2) is 25.6 Å². The number of rotatable bonds is 4. The Bertz CT molecular complexity index is 695. The molecule has 3 rings (SSSR count). The molecule has 0 fully saturated rings. The number of aryl methyl sites for hydroxylation is 2. The van der Waals surface area contributed by atoms with E-state index < -0.39 is 0 Å². The fourth-order valence-corrected chi connectivity index (χ4v) is 2.23. The third kappa shape index (κ3) is 2.19. The molecule has 0 aliphatic heterocycles. The Balaban J connectivity index is 1.72. The second-order valence-corrected chi connectivity index (χ2v) is 4.61. The summed E-state index contributed by atoms with van der Waals surface area (Å²) in [4.78, 5) is 8.89. The first-order valence-corrected chi connectivity index (χ1v) is 6.37. The van der Waals surface area contributed by atoms with Crippen LogP contribution in [0.3, 0.4) is 0 Å². The van der Waals surface area contributed by atoms with Crippen LogP contribution in [0.4, 0.5) is 5.95 Å². The normalized spacial score (nSPS) is 11.1. The number of fused-ring (bicyclic) bond motifs is 1. The summed E-state index contributed by atoms with van der Waals surface area (Å²) in [5.41, 5.74) is 2.16. The van der Waals surface area contributed by atoms with Gasteiger partial charge in [-0.3, -0.25) is 0 Å². The predicted molar refractivity (Wildman–Crippen MR) is 76.1 cm³/mol. The van der Waals surface area contributed by atoms with Crippen LogP contribution in [0.1, 0.15) is 5.82 Å². The summed E-state index contributed by atoms with van der Waals surface area (Å²) in [7, 11) is 4.04. The van der Waals surface area contributed by atoms with E-state index in [0.717, 1.165) is 35.8 Å². The van der Waals surface area contributed by atoms with Crippen LogP contribution in [0, 0.1) is 0 Å². The van der Waals surface area contributed by atoms with E-state index in [1.54, 1.807) is 0 Å². The van der Waals surface area contributed by atoms with Crippen LogP contribution in [0.5, 0.6) is 0 Å². The SMILES string of the molecule is Cn1ccnc1CCNc1nc2ccccc2n1C. The van der Waals surface area contributed by atoms with Gasteiger partial charge in [0, 0.05) is 39.5 Å². The lowest BCUT2D eigenvalue weighted by Crippen LogP contribution is -2.11. The molecular formula is C14H17N5. The number of anilines is 1. The molecule has 5 heteroatoms. The topological polar surface area (TPSA) is 47.7 Å². The maximum absolute atomic E-state index is 4.58. The Morgan fingerprint density at radius 1 is 1.21 bits per heavy atom. The number of benzene rings is 1. The smallest absolute Gasteiger partial charge is 0.203 e. The van der Waals surface area contributed by atoms with Crippen molar-refractivity contribution in [2.45, 2.75) is 6.42 Å². The Labute approximate surface area is 111 Å². The van der Waals surface area contributed by atoms with Gasteiger partial charge in [0.1, 0.15) is 5.82 Å². The molecule has 3 aromatic rings. The molecule has 0 spiro atoms. The van der Waals surface area contributed by atoms with Gasteiger partial charge < -0.3 is 14.5 Å². The van der Waals surface area contributed by atoms with Gasteiger partial charge >= 0.3 is 0 Å². The fraction of sp³-hybridized carbons (Fsp3) is 0.286. The maximum atomic E-state index is 4.58. The summed E-state index contributed by atoms with van der Waals surface area (Å²) < 4.78 is 4.12. The highest BCUT2D eigenvalue weighted by atomic mass is 15.2. The lowest BCUT2D eigenvalue weighted by atomic mass is 10.3. The molecular weight excluding hydrogens is 238 g/mol. The largest absolute Gasteiger partial charge is 0.355 e. The van der Waals surface area contributed by atoms with Crippen molar-refractivity contribution >= 4 is 17.0 Å². The van der Waals surface area contributed by atoms with Crippen LogP contribution >= 0.6 is 0 Å². The molecule has 2 aromatic heterocycles. The summed E-state index contributed by atoms with van der Waals surface area (Å²) in [5.74, 6) is 1.97. The van der Waals surface area contributed by atoms with Gasteiger partial charge in [0.05, 0.1) is 11.0 Å². The average molecular weight is 255 g/mol. The van der Waals surface area contributed by atoms with E-state index in [2.05, 4.69) is 25.9 Å². The third-order valence-corrected chi connectivity index (χ3v) is 3.34. The second kappa shape index (κ2) is 4.76. The molecule has 5 nitrogen and oxygen atoms in total. The maximum Gasteiger partial charge on any atom is 0.203 e. The van der Waals surface area contributed by atoms with Gasteiger partial charge in [-0.1, -0.05) is 12.1 Å². The van der Waals surface area contributed by atoms with Crippen molar-refractivity contribution in [3.63, 3.8) is 0 Å². The molecule has 0 saturated carbocycles.